The van der Waals surface area contributed by atoms with E-state index >= 15 is 0 Å². The van der Waals surface area contributed by atoms with Crippen molar-refractivity contribution in [1.82, 2.24) is 15.1 Å². The number of thiocarbonyl (C=S) groups is 1. The molecule has 0 spiro atoms. The largest absolute Gasteiger partial charge is 0.435 e. The van der Waals surface area contributed by atoms with E-state index in [2.05, 4.69) is 15.7 Å². The molecule has 0 bridgehead atoms. The maximum absolute atomic E-state index is 12.5. The van der Waals surface area contributed by atoms with Gasteiger partial charge in [-0.05, 0) is 30.4 Å². The van der Waals surface area contributed by atoms with Crippen molar-refractivity contribution in [3.8, 4) is 0 Å². The first-order valence-corrected chi connectivity index (χ1v) is 6.47. The first-order chi connectivity index (χ1) is 9.86. The molecule has 1 heterocycles. The molecule has 4 nitrogen and oxygen atoms in total. The van der Waals surface area contributed by atoms with Crippen molar-refractivity contribution >= 4 is 23.0 Å². The number of para-hydroxylation sites is 1. The highest BCUT2D eigenvalue weighted by atomic mass is 32.1. The Morgan fingerprint density at radius 2 is 1.95 bits per heavy atom. The fraction of sp³-hybridized carbons (Fsp3) is 0.231. The predicted octanol–water partition coefficient (Wildman–Crippen LogP) is 2.93. The summed E-state index contributed by atoms with van der Waals surface area (Å²) < 4.78 is 38.8. The summed E-state index contributed by atoms with van der Waals surface area (Å²) in [5.41, 5.74) is 0.277. The van der Waals surface area contributed by atoms with E-state index in [-0.39, 0.29) is 6.54 Å². The van der Waals surface area contributed by atoms with Crippen molar-refractivity contribution in [3.05, 3.63) is 47.8 Å². The number of hydrogen-bond donors (Lipinski definition) is 2. The predicted molar refractivity (Wildman–Crippen MR) is 77.7 cm³/mol. The molecule has 1 aromatic heterocycles. The first-order valence-electron chi connectivity index (χ1n) is 6.06. The molecule has 0 atom stereocenters. The maximum atomic E-state index is 12.5. The summed E-state index contributed by atoms with van der Waals surface area (Å²) in [7, 11) is 1.46. The second-order valence-electron chi connectivity index (χ2n) is 4.32. The molecule has 0 fully saturated rings. The zero-order chi connectivity index (χ0) is 15.5. The molecule has 0 saturated carbocycles. The normalized spacial score (nSPS) is 11.2. The Bertz CT molecular complexity index is 622. The van der Waals surface area contributed by atoms with Crippen LogP contribution in [-0.2, 0) is 19.8 Å². The van der Waals surface area contributed by atoms with Gasteiger partial charge < -0.3 is 10.6 Å². The molecule has 0 saturated heterocycles. The second kappa shape index (κ2) is 6.13. The Morgan fingerprint density at radius 1 is 1.29 bits per heavy atom. The third-order valence-electron chi connectivity index (χ3n) is 2.73. The Morgan fingerprint density at radius 3 is 2.52 bits per heavy atom. The maximum Gasteiger partial charge on any atom is 0.435 e. The molecule has 112 valence electrons. The molecule has 8 heteroatoms. The highest BCUT2D eigenvalue weighted by Crippen LogP contribution is 2.28. The van der Waals surface area contributed by atoms with E-state index in [1.165, 1.54) is 11.7 Å². The van der Waals surface area contributed by atoms with Crippen molar-refractivity contribution in [3.63, 3.8) is 0 Å². The van der Waals surface area contributed by atoms with Crippen LogP contribution >= 0.6 is 12.2 Å². The minimum absolute atomic E-state index is 0.151. The highest BCUT2D eigenvalue weighted by molar-refractivity contribution is 7.80. The third-order valence-corrected chi connectivity index (χ3v) is 2.98. The molecule has 0 aliphatic carbocycles. The minimum atomic E-state index is -4.45. The van der Waals surface area contributed by atoms with Gasteiger partial charge in [-0.1, -0.05) is 18.2 Å². The molecule has 2 rings (SSSR count). The third kappa shape index (κ3) is 4.19. The molecule has 2 N–H and O–H groups in total. The summed E-state index contributed by atoms with van der Waals surface area (Å²) in [6.07, 6.45) is -4.45. The summed E-state index contributed by atoms with van der Waals surface area (Å²) in [6.45, 7) is 0.151. The molecule has 0 aliphatic heterocycles. The van der Waals surface area contributed by atoms with Crippen molar-refractivity contribution in [2.24, 2.45) is 7.05 Å². The number of alkyl halides is 3. The van der Waals surface area contributed by atoms with Crippen LogP contribution in [-0.4, -0.2) is 14.9 Å². The lowest BCUT2D eigenvalue weighted by molar-refractivity contribution is -0.141. The van der Waals surface area contributed by atoms with Crippen LogP contribution in [0.15, 0.2) is 36.4 Å². The Hall–Kier alpha value is -2.09. The zero-order valence-electron chi connectivity index (χ0n) is 11.1. The monoisotopic (exact) mass is 314 g/mol. The molecule has 0 aliphatic rings. The summed E-state index contributed by atoms with van der Waals surface area (Å²) in [4.78, 5) is 0. The standard InChI is InChI=1S/C13H13F3N4S/c1-20-10(7-11(19-20)13(14,15)16)8-17-12(21)18-9-5-3-2-4-6-9/h2-7H,8H2,1H3,(H2,17,18,21). The molecule has 0 unspecified atom stereocenters. The minimum Gasteiger partial charge on any atom is -0.357 e. The summed E-state index contributed by atoms with van der Waals surface area (Å²) in [5, 5.41) is 9.54. The van der Waals surface area contributed by atoms with Gasteiger partial charge in [-0.15, -0.1) is 0 Å². The smallest absolute Gasteiger partial charge is 0.357 e. The number of nitrogens with zero attached hydrogens (tertiary/aromatic N) is 2. The van der Waals surface area contributed by atoms with Gasteiger partial charge in [0.1, 0.15) is 0 Å². The molecular weight excluding hydrogens is 301 g/mol. The number of nitrogens with one attached hydrogen (secondary N) is 2. The Labute approximate surface area is 125 Å². The van der Waals surface area contributed by atoms with E-state index in [1.807, 2.05) is 30.3 Å². The Balaban J connectivity index is 1.94. The van der Waals surface area contributed by atoms with Gasteiger partial charge >= 0.3 is 6.18 Å². The number of aromatic nitrogens is 2. The van der Waals surface area contributed by atoms with Crippen LogP contribution in [0, 0.1) is 0 Å². The van der Waals surface area contributed by atoms with E-state index in [4.69, 9.17) is 12.2 Å². The van der Waals surface area contributed by atoms with Crippen molar-refractivity contribution in [2.75, 3.05) is 5.32 Å². The van der Waals surface area contributed by atoms with Crippen LogP contribution in [0.1, 0.15) is 11.4 Å². The lowest BCUT2D eigenvalue weighted by Gasteiger charge is -2.10. The van der Waals surface area contributed by atoms with E-state index in [1.54, 1.807) is 0 Å². The van der Waals surface area contributed by atoms with E-state index in [9.17, 15) is 13.2 Å². The molecule has 0 radical (unpaired) electrons. The van der Waals surface area contributed by atoms with Crippen molar-refractivity contribution in [2.45, 2.75) is 12.7 Å². The number of halogens is 3. The van der Waals surface area contributed by atoms with Crippen LogP contribution in [0.2, 0.25) is 0 Å². The quantitative estimate of drug-likeness (QED) is 0.855. The number of hydrogen-bond acceptors (Lipinski definition) is 2. The van der Waals surface area contributed by atoms with Gasteiger partial charge in [0.15, 0.2) is 10.8 Å². The van der Waals surface area contributed by atoms with E-state index < -0.39 is 11.9 Å². The zero-order valence-corrected chi connectivity index (χ0v) is 11.9. The van der Waals surface area contributed by atoms with Crippen molar-refractivity contribution in [1.29, 1.82) is 0 Å². The van der Waals surface area contributed by atoms with Gasteiger partial charge in [0, 0.05) is 12.7 Å². The number of anilines is 1. The topological polar surface area (TPSA) is 41.9 Å². The van der Waals surface area contributed by atoms with Gasteiger partial charge in [0.25, 0.3) is 0 Å². The average Bonchev–Trinajstić information content (AvgIpc) is 2.79. The second-order valence-corrected chi connectivity index (χ2v) is 4.72. The van der Waals surface area contributed by atoms with Gasteiger partial charge in [0.2, 0.25) is 0 Å². The molecule has 1 aromatic carbocycles. The average molecular weight is 314 g/mol. The van der Waals surface area contributed by atoms with Crippen molar-refractivity contribution < 1.29 is 13.2 Å². The van der Waals surface area contributed by atoms with Gasteiger partial charge in [0.05, 0.1) is 12.2 Å². The molecular formula is C13H13F3N4S. The molecule has 21 heavy (non-hydrogen) atoms. The lowest BCUT2D eigenvalue weighted by Crippen LogP contribution is -2.28. The van der Waals surface area contributed by atoms with Gasteiger partial charge in [-0.25, -0.2) is 0 Å². The number of benzene rings is 1. The Kier molecular flexibility index (Phi) is 4.46. The fourth-order valence-electron chi connectivity index (χ4n) is 1.68. The van der Waals surface area contributed by atoms with Gasteiger partial charge in [-0.3, -0.25) is 4.68 Å². The van der Waals surface area contributed by atoms with Crippen LogP contribution in [0.5, 0.6) is 0 Å². The van der Waals surface area contributed by atoms with E-state index in [0.29, 0.717) is 10.8 Å². The van der Waals surface area contributed by atoms with E-state index in [0.717, 1.165) is 11.8 Å². The molecule has 0 amide bonds. The SMILES string of the molecule is Cn1nc(C(F)(F)F)cc1CNC(=S)Nc1ccccc1. The summed E-state index contributed by atoms with van der Waals surface area (Å²) in [5.74, 6) is 0. The first kappa shape index (κ1) is 15.3. The fourth-order valence-corrected chi connectivity index (χ4v) is 1.87. The number of rotatable bonds is 3. The van der Waals surface area contributed by atoms with Crippen LogP contribution < -0.4 is 10.6 Å². The number of aryl methyl sites for hydroxylation is 1. The summed E-state index contributed by atoms with van der Waals surface area (Å²) in [6, 6.07) is 10.2. The van der Waals surface area contributed by atoms with Crippen LogP contribution in [0.3, 0.4) is 0 Å². The summed E-state index contributed by atoms with van der Waals surface area (Å²) >= 11 is 5.08. The van der Waals surface area contributed by atoms with Gasteiger partial charge in [-0.2, -0.15) is 18.3 Å². The lowest BCUT2D eigenvalue weighted by atomic mass is 10.3. The van der Waals surface area contributed by atoms with Crippen LogP contribution in [0.4, 0.5) is 18.9 Å². The van der Waals surface area contributed by atoms with Crippen LogP contribution in [0.25, 0.3) is 0 Å². The molecule has 2 aromatic rings. The highest BCUT2D eigenvalue weighted by Gasteiger charge is 2.34.